The molecule has 2 amide bonds. The molecule has 1 unspecified atom stereocenters. The molecule has 0 saturated heterocycles. The zero-order valence-electron chi connectivity index (χ0n) is 11.0. The van der Waals surface area contributed by atoms with Gasteiger partial charge in [-0.15, -0.1) is 0 Å². The summed E-state index contributed by atoms with van der Waals surface area (Å²) in [5.41, 5.74) is 2.64. The molecule has 0 heterocycles. The summed E-state index contributed by atoms with van der Waals surface area (Å²) in [7, 11) is 3.48. The van der Waals surface area contributed by atoms with E-state index < -0.39 is 0 Å². The van der Waals surface area contributed by atoms with Crippen LogP contribution < -0.4 is 5.32 Å². The Balaban J connectivity index is 1.98. The maximum atomic E-state index is 12.0. The third-order valence-electron chi connectivity index (χ3n) is 3.47. The van der Waals surface area contributed by atoms with Crippen molar-refractivity contribution in [3.05, 3.63) is 35.4 Å². The Kier molecular flexibility index (Phi) is 4.20. The largest absolute Gasteiger partial charge is 0.383 e. The van der Waals surface area contributed by atoms with Crippen LogP contribution in [-0.2, 0) is 11.2 Å². The second-order valence-corrected chi connectivity index (χ2v) is 4.59. The van der Waals surface area contributed by atoms with Gasteiger partial charge in [-0.1, -0.05) is 24.3 Å². The Morgan fingerprint density at radius 1 is 1.50 bits per heavy atom. The number of rotatable bonds is 4. The van der Waals surface area contributed by atoms with Crippen molar-refractivity contribution < 1.29 is 9.53 Å². The summed E-state index contributed by atoms with van der Waals surface area (Å²) in [5.74, 6) is 0. The van der Waals surface area contributed by atoms with Crippen LogP contribution in [0.2, 0.25) is 0 Å². The molecule has 4 heteroatoms. The van der Waals surface area contributed by atoms with E-state index in [2.05, 4.69) is 23.5 Å². The number of hydrogen-bond acceptors (Lipinski definition) is 2. The van der Waals surface area contributed by atoms with Gasteiger partial charge in [-0.05, 0) is 24.0 Å². The van der Waals surface area contributed by atoms with E-state index in [-0.39, 0.29) is 12.1 Å². The van der Waals surface area contributed by atoms with Gasteiger partial charge in [0.1, 0.15) is 0 Å². The topological polar surface area (TPSA) is 41.6 Å². The number of aryl methyl sites for hydroxylation is 1. The summed E-state index contributed by atoms with van der Waals surface area (Å²) in [5, 5.41) is 2.85. The van der Waals surface area contributed by atoms with Gasteiger partial charge in [-0.3, -0.25) is 0 Å². The van der Waals surface area contributed by atoms with E-state index in [1.165, 1.54) is 11.1 Å². The Hall–Kier alpha value is -1.55. The highest BCUT2D eigenvalue weighted by Gasteiger charge is 2.27. The van der Waals surface area contributed by atoms with Gasteiger partial charge in [0.2, 0.25) is 0 Å². The van der Waals surface area contributed by atoms with E-state index in [0.717, 1.165) is 12.8 Å². The maximum Gasteiger partial charge on any atom is 0.317 e. The molecule has 18 heavy (non-hydrogen) atoms. The number of hydrogen-bond donors (Lipinski definition) is 1. The minimum atomic E-state index is -0.0336. The molecule has 0 spiro atoms. The molecule has 0 aromatic heterocycles. The van der Waals surface area contributed by atoms with Crippen LogP contribution in [0.4, 0.5) is 4.79 Å². The summed E-state index contributed by atoms with van der Waals surface area (Å²) in [4.78, 5) is 13.8. The molecule has 0 aliphatic heterocycles. The second kappa shape index (κ2) is 5.87. The van der Waals surface area contributed by atoms with E-state index in [1.54, 1.807) is 12.0 Å². The van der Waals surface area contributed by atoms with Crippen molar-refractivity contribution in [2.45, 2.75) is 18.9 Å². The number of benzene rings is 1. The van der Waals surface area contributed by atoms with Crippen molar-refractivity contribution in [1.82, 2.24) is 10.2 Å². The normalized spacial score (nSPS) is 17.3. The van der Waals surface area contributed by atoms with Crippen LogP contribution in [0.5, 0.6) is 0 Å². The highest BCUT2D eigenvalue weighted by atomic mass is 16.5. The second-order valence-electron chi connectivity index (χ2n) is 4.59. The molecule has 1 N–H and O–H groups in total. The Morgan fingerprint density at radius 3 is 3.06 bits per heavy atom. The molecule has 1 aromatic rings. The van der Waals surface area contributed by atoms with Crippen molar-refractivity contribution >= 4 is 6.03 Å². The van der Waals surface area contributed by atoms with Crippen LogP contribution in [0.15, 0.2) is 24.3 Å². The molecule has 1 aromatic carbocycles. The van der Waals surface area contributed by atoms with Crippen molar-refractivity contribution in [3.8, 4) is 0 Å². The zero-order valence-corrected chi connectivity index (χ0v) is 11.0. The van der Waals surface area contributed by atoms with Crippen molar-refractivity contribution in [2.24, 2.45) is 0 Å². The number of urea groups is 1. The van der Waals surface area contributed by atoms with Gasteiger partial charge in [-0.2, -0.15) is 0 Å². The number of ether oxygens (including phenoxy) is 1. The fourth-order valence-corrected chi connectivity index (χ4v) is 2.46. The minimum absolute atomic E-state index is 0.0336. The number of fused-ring (bicyclic) bond motifs is 1. The summed E-state index contributed by atoms with van der Waals surface area (Å²) < 4.78 is 4.92. The average Bonchev–Trinajstić information content (AvgIpc) is 2.82. The number of nitrogens with zero attached hydrogens (tertiary/aromatic N) is 1. The Morgan fingerprint density at radius 2 is 2.28 bits per heavy atom. The molecular formula is C14H20N2O2. The Bertz CT molecular complexity index is 420. The van der Waals surface area contributed by atoms with E-state index in [0.29, 0.717) is 13.2 Å². The number of amides is 2. The van der Waals surface area contributed by atoms with Crippen LogP contribution in [0.25, 0.3) is 0 Å². The third kappa shape index (κ3) is 2.64. The van der Waals surface area contributed by atoms with Crippen molar-refractivity contribution in [1.29, 1.82) is 0 Å². The van der Waals surface area contributed by atoms with Gasteiger partial charge in [0.05, 0.1) is 12.6 Å². The number of carbonyl (C=O) groups is 1. The molecular weight excluding hydrogens is 228 g/mol. The Labute approximate surface area is 108 Å². The molecule has 1 atom stereocenters. The van der Waals surface area contributed by atoms with Gasteiger partial charge < -0.3 is 15.0 Å². The minimum Gasteiger partial charge on any atom is -0.383 e. The van der Waals surface area contributed by atoms with Gasteiger partial charge in [0.25, 0.3) is 0 Å². The molecule has 0 saturated carbocycles. The fraction of sp³-hybridized carbons (Fsp3) is 0.500. The monoisotopic (exact) mass is 248 g/mol. The van der Waals surface area contributed by atoms with Crippen molar-refractivity contribution in [2.75, 3.05) is 27.3 Å². The molecule has 4 nitrogen and oxygen atoms in total. The van der Waals surface area contributed by atoms with E-state index >= 15 is 0 Å². The standard InChI is InChI=1S/C14H20N2O2/c1-16(14(17)15-9-10-18-2)13-8-7-11-5-3-4-6-12(11)13/h3-6,13H,7-10H2,1-2H3,(H,15,17). The molecule has 0 fully saturated rings. The maximum absolute atomic E-state index is 12.0. The van der Waals surface area contributed by atoms with Gasteiger partial charge in [-0.25, -0.2) is 4.79 Å². The lowest BCUT2D eigenvalue weighted by atomic mass is 10.1. The first-order valence-electron chi connectivity index (χ1n) is 6.31. The lowest BCUT2D eigenvalue weighted by Crippen LogP contribution is -2.40. The lowest BCUT2D eigenvalue weighted by molar-refractivity contribution is 0.175. The molecule has 98 valence electrons. The quantitative estimate of drug-likeness (QED) is 0.828. The van der Waals surface area contributed by atoms with Gasteiger partial charge in [0, 0.05) is 20.7 Å². The molecule has 2 rings (SSSR count). The van der Waals surface area contributed by atoms with Gasteiger partial charge >= 0.3 is 6.03 Å². The van der Waals surface area contributed by atoms with Crippen LogP contribution in [-0.4, -0.2) is 38.2 Å². The number of nitrogens with one attached hydrogen (secondary N) is 1. The average molecular weight is 248 g/mol. The van der Waals surface area contributed by atoms with E-state index in [4.69, 9.17) is 4.74 Å². The third-order valence-corrected chi connectivity index (χ3v) is 3.47. The first kappa shape index (κ1) is 12.9. The summed E-state index contributed by atoms with van der Waals surface area (Å²) in [6.45, 7) is 1.09. The predicted octanol–water partition coefficient (Wildman–Crippen LogP) is 1.96. The van der Waals surface area contributed by atoms with Gasteiger partial charge in [0.15, 0.2) is 0 Å². The summed E-state index contributed by atoms with van der Waals surface area (Å²) in [6, 6.07) is 8.52. The highest BCUT2D eigenvalue weighted by molar-refractivity contribution is 5.74. The molecule has 0 bridgehead atoms. The zero-order chi connectivity index (χ0) is 13.0. The lowest BCUT2D eigenvalue weighted by Gasteiger charge is -2.25. The van der Waals surface area contributed by atoms with Crippen molar-refractivity contribution in [3.63, 3.8) is 0 Å². The number of methoxy groups -OCH3 is 1. The summed E-state index contributed by atoms with van der Waals surface area (Å²) >= 11 is 0. The SMILES string of the molecule is COCCNC(=O)N(C)C1CCc2ccccc21. The molecule has 0 radical (unpaired) electrons. The molecule has 1 aliphatic rings. The van der Waals surface area contributed by atoms with Crippen LogP contribution in [0.1, 0.15) is 23.6 Å². The fourth-order valence-electron chi connectivity index (χ4n) is 2.46. The smallest absolute Gasteiger partial charge is 0.317 e. The highest BCUT2D eigenvalue weighted by Crippen LogP contribution is 2.34. The first-order valence-corrected chi connectivity index (χ1v) is 6.31. The number of carbonyl (C=O) groups excluding carboxylic acids is 1. The van der Waals surface area contributed by atoms with Crippen LogP contribution in [0, 0.1) is 0 Å². The van der Waals surface area contributed by atoms with Crippen LogP contribution >= 0.6 is 0 Å². The van der Waals surface area contributed by atoms with E-state index in [1.807, 2.05) is 13.1 Å². The van der Waals surface area contributed by atoms with Crippen LogP contribution in [0.3, 0.4) is 0 Å². The van der Waals surface area contributed by atoms with E-state index in [9.17, 15) is 4.79 Å². The first-order chi connectivity index (χ1) is 8.74. The summed E-state index contributed by atoms with van der Waals surface area (Å²) in [6.07, 6.45) is 2.06. The predicted molar refractivity (Wildman–Crippen MR) is 70.5 cm³/mol. The molecule has 1 aliphatic carbocycles.